The van der Waals surface area contributed by atoms with Crippen molar-refractivity contribution in [1.29, 1.82) is 0 Å². The number of nitrogens with zero attached hydrogens (tertiary/aromatic N) is 1. The zero-order chi connectivity index (χ0) is 15.7. The van der Waals surface area contributed by atoms with Gasteiger partial charge in [-0.1, -0.05) is 24.3 Å². The number of methoxy groups -OCH3 is 2. The molecule has 1 amide bonds. The molecule has 0 unspecified atom stereocenters. The molecule has 22 heavy (non-hydrogen) atoms. The van der Waals surface area contributed by atoms with Crippen LogP contribution in [0.4, 0.5) is 5.69 Å². The first-order valence-electron chi connectivity index (χ1n) is 7.29. The van der Waals surface area contributed by atoms with E-state index in [1.54, 1.807) is 26.4 Å². The SMILES string of the molecule is COc1cccc(OC)c1C(=O)N1c2ccccc2C[C@@H]1C. The molecular weight excluding hydrogens is 278 g/mol. The molecule has 0 radical (unpaired) electrons. The molecule has 1 atom stereocenters. The van der Waals surface area contributed by atoms with E-state index >= 15 is 0 Å². The Hall–Kier alpha value is -2.49. The van der Waals surface area contributed by atoms with E-state index < -0.39 is 0 Å². The molecule has 114 valence electrons. The fraction of sp³-hybridized carbons (Fsp3) is 0.278. The van der Waals surface area contributed by atoms with E-state index in [0.717, 1.165) is 12.1 Å². The van der Waals surface area contributed by atoms with Crippen molar-refractivity contribution >= 4 is 11.6 Å². The monoisotopic (exact) mass is 297 g/mol. The summed E-state index contributed by atoms with van der Waals surface area (Å²) in [5, 5.41) is 0. The maximum Gasteiger partial charge on any atom is 0.266 e. The molecule has 4 nitrogen and oxygen atoms in total. The van der Waals surface area contributed by atoms with Crippen LogP contribution in [0.5, 0.6) is 11.5 Å². The van der Waals surface area contributed by atoms with Crippen molar-refractivity contribution in [1.82, 2.24) is 0 Å². The van der Waals surface area contributed by atoms with Crippen LogP contribution in [0.1, 0.15) is 22.8 Å². The molecule has 0 aromatic heterocycles. The summed E-state index contributed by atoms with van der Waals surface area (Å²) in [5.41, 5.74) is 2.63. The third-order valence-corrected chi connectivity index (χ3v) is 4.07. The van der Waals surface area contributed by atoms with Gasteiger partial charge in [-0.3, -0.25) is 4.79 Å². The van der Waals surface area contributed by atoms with Crippen molar-refractivity contribution in [3.63, 3.8) is 0 Å². The van der Waals surface area contributed by atoms with Gasteiger partial charge in [0.05, 0.1) is 14.2 Å². The maximum absolute atomic E-state index is 13.1. The van der Waals surface area contributed by atoms with E-state index in [0.29, 0.717) is 17.1 Å². The molecule has 2 aromatic carbocycles. The Balaban J connectivity index is 2.09. The topological polar surface area (TPSA) is 38.8 Å². The number of rotatable bonds is 3. The Labute approximate surface area is 130 Å². The second-order valence-corrected chi connectivity index (χ2v) is 5.39. The second-order valence-electron chi connectivity index (χ2n) is 5.39. The number of amides is 1. The van der Waals surface area contributed by atoms with Crippen LogP contribution in [0.2, 0.25) is 0 Å². The first-order valence-corrected chi connectivity index (χ1v) is 7.29. The summed E-state index contributed by atoms with van der Waals surface area (Å²) in [6.45, 7) is 2.06. The molecule has 2 aromatic rings. The van der Waals surface area contributed by atoms with Crippen LogP contribution in [0.3, 0.4) is 0 Å². The predicted octanol–water partition coefficient (Wildman–Crippen LogP) is 3.30. The van der Waals surface area contributed by atoms with Gasteiger partial charge in [-0.05, 0) is 37.1 Å². The number of ether oxygens (including phenoxy) is 2. The Morgan fingerprint density at radius 3 is 2.32 bits per heavy atom. The summed E-state index contributed by atoms with van der Waals surface area (Å²) in [6.07, 6.45) is 0.860. The predicted molar refractivity (Wildman–Crippen MR) is 86.0 cm³/mol. The van der Waals surface area contributed by atoms with E-state index in [-0.39, 0.29) is 11.9 Å². The number of hydrogen-bond donors (Lipinski definition) is 0. The molecule has 1 aliphatic heterocycles. The Morgan fingerprint density at radius 1 is 1.05 bits per heavy atom. The standard InChI is InChI=1S/C18H19NO3/c1-12-11-13-7-4-5-8-14(13)19(12)18(20)17-15(21-2)9-6-10-16(17)22-3/h4-10,12H,11H2,1-3H3/t12-/m0/s1. The Morgan fingerprint density at radius 2 is 1.68 bits per heavy atom. The molecular formula is C18H19NO3. The number of anilines is 1. The second kappa shape index (κ2) is 5.72. The lowest BCUT2D eigenvalue weighted by Gasteiger charge is -2.24. The van der Waals surface area contributed by atoms with Crippen molar-refractivity contribution in [2.45, 2.75) is 19.4 Å². The number of fused-ring (bicyclic) bond motifs is 1. The van der Waals surface area contributed by atoms with E-state index in [4.69, 9.17) is 9.47 Å². The molecule has 0 fully saturated rings. The van der Waals surface area contributed by atoms with Crippen LogP contribution < -0.4 is 14.4 Å². The quantitative estimate of drug-likeness (QED) is 0.872. The van der Waals surface area contributed by atoms with Gasteiger partial charge in [0.25, 0.3) is 5.91 Å². The van der Waals surface area contributed by atoms with Gasteiger partial charge in [0.2, 0.25) is 0 Å². The highest BCUT2D eigenvalue weighted by molar-refractivity contribution is 6.11. The van der Waals surface area contributed by atoms with Crippen LogP contribution in [-0.2, 0) is 6.42 Å². The van der Waals surface area contributed by atoms with Gasteiger partial charge in [0.1, 0.15) is 17.1 Å². The highest BCUT2D eigenvalue weighted by Gasteiger charge is 2.34. The van der Waals surface area contributed by atoms with Crippen LogP contribution in [0.25, 0.3) is 0 Å². The van der Waals surface area contributed by atoms with Gasteiger partial charge in [-0.2, -0.15) is 0 Å². The molecule has 0 saturated carbocycles. The molecule has 3 rings (SSSR count). The van der Waals surface area contributed by atoms with Crippen molar-refractivity contribution in [2.24, 2.45) is 0 Å². The number of benzene rings is 2. The number of hydrogen-bond acceptors (Lipinski definition) is 3. The third-order valence-electron chi connectivity index (χ3n) is 4.07. The lowest BCUT2D eigenvalue weighted by atomic mass is 10.1. The minimum atomic E-state index is -0.0910. The fourth-order valence-electron chi connectivity index (χ4n) is 3.06. The summed E-state index contributed by atoms with van der Waals surface area (Å²) in [5.74, 6) is 0.966. The lowest BCUT2D eigenvalue weighted by Crippen LogP contribution is -2.36. The molecule has 0 aliphatic carbocycles. The largest absolute Gasteiger partial charge is 0.496 e. The first-order chi connectivity index (χ1) is 10.7. The zero-order valence-corrected chi connectivity index (χ0v) is 13.0. The summed E-state index contributed by atoms with van der Waals surface area (Å²) < 4.78 is 10.7. The molecule has 0 saturated heterocycles. The fourth-order valence-corrected chi connectivity index (χ4v) is 3.06. The maximum atomic E-state index is 13.1. The smallest absolute Gasteiger partial charge is 0.266 e. The third kappa shape index (κ3) is 2.21. The van der Waals surface area contributed by atoms with Gasteiger partial charge >= 0.3 is 0 Å². The van der Waals surface area contributed by atoms with Crippen LogP contribution in [0, 0.1) is 0 Å². The molecule has 4 heteroatoms. The average molecular weight is 297 g/mol. The van der Waals surface area contributed by atoms with Crippen LogP contribution in [-0.4, -0.2) is 26.2 Å². The normalized spacial score (nSPS) is 16.3. The van der Waals surface area contributed by atoms with Crippen LogP contribution >= 0.6 is 0 Å². The summed E-state index contributed by atoms with van der Waals surface area (Å²) in [7, 11) is 3.12. The van der Waals surface area contributed by atoms with Gasteiger partial charge in [0, 0.05) is 11.7 Å². The van der Waals surface area contributed by atoms with Crippen molar-refractivity contribution < 1.29 is 14.3 Å². The minimum absolute atomic E-state index is 0.0910. The van der Waals surface area contributed by atoms with Gasteiger partial charge in [-0.15, -0.1) is 0 Å². The summed E-state index contributed by atoms with van der Waals surface area (Å²) in [4.78, 5) is 15.0. The van der Waals surface area contributed by atoms with Crippen molar-refractivity contribution in [3.8, 4) is 11.5 Å². The highest BCUT2D eigenvalue weighted by atomic mass is 16.5. The molecule has 1 aliphatic rings. The Bertz CT molecular complexity index is 689. The van der Waals surface area contributed by atoms with Gasteiger partial charge < -0.3 is 14.4 Å². The first kappa shape index (κ1) is 14.4. The minimum Gasteiger partial charge on any atom is -0.496 e. The molecule has 0 N–H and O–H groups in total. The van der Waals surface area contributed by atoms with E-state index in [1.807, 2.05) is 29.2 Å². The van der Waals surface area contributed by atoms with E-state index in [9.17, 15) is 4.79 Å². The average Bonchev–Trinajstić information content (AvgIpc) is 2.89. The Kier molecular flexibility index (Phi) is 3.75. The molecule has 1 heterocycles. The number of para-hydroxylation sites is 1. The van der Waals surface area contributed by atoms with Gasteiger partial charge in [0.15, 0.2) is 0 Å². The molecule has 0 spiro atoms. The number of carbonyl (C=O) groups excluding carboxylic acids is 1. The summed E-state index contributed by atoms with van der Waals surface area (Å²) in [6, 6.07) is 13.5. The van der Waals surface area contributed by atoms with E-state index in [2.05, 4.69) is 13.0 Å². The van der Waals surface area contributed by atoms with Crippen LogP contribution in [0.15, 0.2) is 42.5 Å². The summed E-state index contributed by atoms with van der Waals surface area (Å²) >= 11 is 0. The molecule has 0 bridgehead atoms. The van der Waals surface area contributed by atoms with Gasteiger partial charge in [-0.25, -0.2) is 0 Å². The van der Waals surface area contributed by atoms with Crippen molar-refractivity contribution in [2.75, 3.05) is 19.1 Å². The highest BCUT2D eigenvalue weighted by Crippen LogP contribution is 2.37. The zero-order valence-electron chi connectivity index (χ0n) is 13.0. The number of carbonyl (C=O) groups is 1. The van der Waals surface area contributed by atoms with Crippen molar-refractivity contribution in [3.05, 3.63) is 53.6 Å². The van der Waals surface area contributed by atoms with E-state index in [1.165, 1.54) is 5.56 Å². The lowest BCUT2D eigenvalue weighted by molar-refractivity contribution is 0.0975.